The maximum absolute atomic E-state index is 11.1. The summed E-state index contributed by atoms with van der Waals surface area (Å²) in [5.74, 6) is -0.265. The standard InChI is InChI=1S/C21H21ClN2O3S3Te.H2O/c1-14-7-9-18-21(31-14)23(2)19(29-18)5-3-6-20-24(11-4-12-30(25,26)27)16-13-15(22)8-10-17(16)28-20;/h3,5-10,13-14H,4,11-12H2,1-2H3;1H2. The molecule has 0 spiro atoms. The molecular formula is C21H23ClN2O4S3Te. The third kappa shape index (κ3) is 5.99. The number of thiazole rings is 1. The molecule has 1 atom stereocenters. The second-order valence-electron chi connectivity index (χ2n) is 7.22. The van der Waals surface area contributed by atoms with Crippen LogP contribution in [0.2, 0.25) is 8.99 Å². The van der Waals surface area contributed by atoms with E-state index < -0.39 is 10.1 Å². The average molecular weight is 627 g/mol. The van der Waals surface area contributed by atoms with Crippen LogP contribution in [0, 0.1) is 0 Å². The topological polar surface area (TPSA) is 91.5 Å². The van der Waals surface area contributed by atoms with Gasteiger partial charge in [0.25, 0.3) is 0 Å². The maximum Gasteiger partial charge on any atom is -0.870 e. The van der Waals surface area contributed by atoms with Crippen LogP contribution in [0.3, 0.4) is 0 Å². The Bertz CT molecular complexity index is 1210. The van der Waals surface area contributed by atoms with E-state index in [4.69, 9.17) is 16.2 Å². The third-order valence-corrected chi connectivity index (χ3v) is 12.1. The first-order valence-electron chi connectivity index (χ1n) is 9.67. The van der Waals surface area contributed by atoms with Gasteiger partial charge in [0, 0.05) is 0 Å². The molecule has 0 fully saturated rings. The Balaban J connectivity index is 0.00000289. The molecule has 0 aliphatic carbocycles. The molecule has 0 saturated heterocycles. The summed E-state index contributed by atoms with van der Waals surface area (Å²) in [6, 6.07) is 5.73. The van der Waals surface area contributed by atoms with Crippen LogP contribution < -0.4 is 13.2 Å². The Labute approximate surface area is 211 Å². The molecule has 6 nitrogen and oxygen atoms in total. The minimum Gasteiger partial charge on any atom is -0.870 e. The van der Waals surface area contributed by atoms with Crippen molar-refractivity contribution in [3.63, 3.8) is 0 Å². The van der Waals surface area contributed by atoms with Gasteiger partial charge in [-0.2, -0.15) is 8.42 Å². The fourth-order valence-electron chi connectivity index (χ4n) is 3.36. The Morgan fingerprint density at radius 1 is 1.38 bits per heavy atom. The molecule has 11 heteroatoms. The molecule has 1 aromatic carbocycles. The molecule has 2 aromatic rings. The molecule has 2 aliphatic heterocycles. The number of rotatable bonds is 6. The van der Waals surface area contributed by atoms with E-state index in [1.165, 1.54) is 13.6 Å². The minimum atomic E-state index is -3.98. The molecule has 0 bridgehead atoms. The molecule has 2 aliphatic rings. The van der Waals surface area contributed by atoms with E-state index in [2.05, 4.69) is 53.8 Å². The summed E-state index contributed by atoms with van der Waals surface area (Å²) in [4.78, 5) is 4.52. The fourth-order valence-corrected chi connectivity index (χ4v) is 9.65. The largest absolute Gasteiger partial charge is 0.870 e. The fraction of sp³-hybridized carbons (Fsp3) is 0.286. The van der Waals surface area contributed by atoms with Gasteiger partial charge in [-0.1, -0.05) is 0 Å². The molecule has 0 saturated carbocycles. The van der Waals surface area contributed by atoms with E-state index >= 15 is 0 Å². The first-order valence-corrected chi connectivity index (χ1v) is 15.8. The van der Waals surface area contributed by atoms with Crippen molar-refractivity contribution in [3.8, 4) is 0 Å². The van der Waals surface area contributed by atoms with Crippen LogP contribution in [-0.4, -0.2) is 51.7 Å². The van der Waals surface area contributed by atoms with Gasteiger partial charge < -0.3 is 5.48 Å². The van der Waals surface area contributed by atoms with Crippen LogP contribution in [0.25, 0.3) is 12.2 Å². The van der Waals surface area contributed by atoms with Crippen LogP contribution in [-0.2, 0) is 17.2 Å². The summed E-state index contributed by atoms with van der Waals surface area (Å²) in [5.41, 5.74) is 0.967. The predicted octanol–water partition coefficient (Wildman–Crippen LogP) is 3.96. The van der Waals surface area contributed by atoms with Crippen molar-refractivity contribution in [1.82, 2.24) is 0 Å². The summed E-state index contributed by atoms with van der Waals surface area (Å²) >= 11 is 9.44. The molecular weight excluding hydrogens is 603 g/mol. The first-order chi connectivity index (χ1) is 14.7. The molecule has 32 heavy (non-hydrogen) atoms. The van der Waals surface area contributed by atoms with Crippen molar-refractivity contribution in [3.05, 3.63) is 56.4 Å². The monoisotopic (exact) mass is 628 g/mol. The number of allylic oxidation sites excluding steroid dienone is 3. The van der Waals surface area contributed by atoms with Crippen LogP contribution in [0.5, 0.6) is 0 Å². The van der Waals surface area contributed by atoms with Crippen molar-refractivity contribution in [2.24, 2.45) is 7.05 Å². The second kappa shape index (κ2) is 10.6. The molecule has 1 aromatic heterocycles. The van der Waals surface area contributed by atoms with E-state index in [0.29, 0.717) is 22.0 Å². The number of fused-ring (bicyclic) bond motifs is 2. The molecule has 2 N–H and O–H groups in total. The van der Waals surface area contributed by atoms with E-state index in [9.17, 15) is 8.42 Å². The van der Waals surface area contributed by atoms with Crippen LogP contribution >= 0.6 is 34.7 Å². The Morgan fingerprint density at radius 2 is 2.16 bits per heavy atom. The van der Waals surface area contributed by atoms with Crippen molar-refractivity contribution < 1.29 is 23.0 Å². The van der Waals surface area contributed by atoms with E-state index in [1.54, 1.807) is 11.8 Å². The number of hydrogen-bond donors (Lipinski definition) is 1. The zero-order chi connectivity index (χ0) is 22.2. The smallest absolute Gasteiger partial charge is 0.870 e. The minimum absolute atomic E-state index is 0. The zero-order valence-corrected chi connectivity index (χ0v) is 23.0. The third-order valence-electron chi connectivity index (χ3n) is 4.83. The summed E-state index contributed by atoms with van der Waals surface area (Å²) in [7, 11) is -1.84. The van der Waals surface area contributed by atoms with Gasteiger partial charge in [0.15, 0.2) is 0 Å². The Kier molecular flexibility index (Phi) is 8.56. The van der Waals surface area contributed by atoms with E-state index in [-0.39, 0.29) is 32.2 Å². The SMILES string of the molecule is CC1C=Cc2sc(C=CC=C3Sc4ccc(Cl)cc4N3CCCS(=O)(=O)O)[n+](C)c2[Te]1.[OH-]. The zero-order valence-electron chi connectivity index (χ0n) is 17.4. The van der Waals surface area contributed by atoms with Crippen LogP contribution in [0.1, 0.15) is 23.2 Å². The average Bonchev–Trinajstić information content (AvgIpc) is 3.19. The van der Waals surface area contributed by atoms with Crippen molar-refractivity contribution in [2.75, 3.05) is 17.2 Å². The Morgan fingerprint density at radius 3 is 2.91 bits per heavy atom. The molecule has 4 rings (SSSR count). The van der Waals surface area contributed by atoms with E-state index in [0.717, 1.165) is 15.6 Å². The summed E-state index contributed by atoms with van der Waals surface area (Å²) in [6.45, 7) is 2.77. The van der Waals surface area contributed by atoms with Crippen molar-refractivity contribution >= 4 is 87.3 Å². The van der Waals surface area contributed by atoms with Crippen molar-refractivity contribution in [2.45, 2.75) is 22.2 Å². The van der Waals surface area contributed by atoms with Crippen LogP contribution in [0.4, 0.5) is 5.69 Å². The summed E-state index contributed by atoms with van der Waals surface area (Å²) in [5, 5.41) is 2.86. The van der Waals surface area contributed by atoms with Crippen molar-refractivity contribution in [1.29, 1.82) is 0 Å². The second-order valence-corrected chi connectivity index (χ2v) is 15.3. The van der Waals surface area contributed by atoms with Gasteiger partial charge in [-0.15, -0.1) is 0 Å². The van der Waals surface area contributed by atoms with E-state index in [1.807, 2.05) is 29.5 Å². The summed E-state index contributed by atoms with van der Waals surface area (Å²) < 4.78 is 35.8. The maximum atomic E-state index is 11.1. The Hall–Kier alpha value is -0.830. The van der Waals surface area contributed by atoms with Gasteiger partial charge in [0.2, 0.25) is 0 Å². The molecule has 0 amide bonds. The quantitative estimate of drug-likeness (QED) is 0.297. The predicted molar refractivity (Wildman–Crippen MR) is 134 cm³/mol. The molecule has 0 radical (unpaired) electrons. The normalized spacial score (nSPS) is 18.8. The van der Waals surface area contributed by atoms with Crippen LogP contribution in [0.15, 0.2) is 46.4 Å². The number of anilines is 1. The molecule has 3 heterocycles. The van der Waals surface area contributed by atoms with Gasteiger partial charge in [-0.3, -0.25) is 4.55 Å². The van der Waals surface area contributed by atoms with Gasteiger partial charge in [-0.05, 0) is 0 Å². The number of benzene rings is 1. The van der Waals surface area contributed by atoms with Gasteiger partial charge in [0.05, 0.1) is 0 Å². The number of thioether (sulfide) groups is 1. The molecule has 172 valence electrons. The number of halogens is 1. The number of nitrogens with zero attached hydrogens (tertiary/aromatic N) is 2. The van der Waals surface area contributed by atoms with Gasteiger partial charge >= 0.3 is 195 Å². The van der Waals surface area contributed by atoms with Gasteiger partial charge in [0.1, 0.15) is 0 Å². The molecule has 1 unspecified atom stereocenters. The number of hydrogen-bond acceptors (Lipinski definition) is 6. The summed E-state index contributed by atoms with van der Waals surface area (Å²) in [6.07, 6.45) is 11.1. The van der Waals surface area contributed by atoms with Gasteiger partial charge in [-0.25, -0.2) is 0 Å². The first kappa shape index (κ1) is 25.8. The number of aromatic nitrogens is 1.